The minimum Gasteiger partial charge on any atom is -0.412 e. The summed E-state index contributed by atoms with van der Waals surface area (Å²) in [6.07, 6.45) is 1.17. The van der Waals surface area contributed by atoms with E-state index in [0.717, 1.165) is 6.42 Å². The highest BCUT2D eigenvalue weighted by molar-refractivity contribution is 6.73. The van der Waals surface area contributed by atoms with E-state index >= 15 is 0 Å². The SMILES string of the molecule is CC[Si](CC)(CC)O[C@H]1C[C@H](OC(C(C)C)C(C)C)O[C@@H](C)[C@H]1N(C)C. The van der Waals surface area contributed by atoms with Gasteiger partial charge in [0.2, 0.25) is 0 Å². The van der Waals surface area contributed by atoms with Crippen LogP contribution < -0.4 is 0 Å². The van der Waals surface area contributed by atoms with Crippen LogP contribution in [0.4, 0.5) is 0 Å². The summed E-state index contributed by atoms with van der Waals surface area (Å²) in [7, 11) is 2.61. The predicted molar refractivity (Wildman–Crippen MR) is 113 cm³/mol. The molecule has 4 atom stereocenters. The van der Waals surface area contributed by atoms with Crippen LogP contribution in [-0.4, -0.2) is 58.0 Å². The van der Waals surface area contributed by atoms with E-state index in [-0.39, 0.29) is 30.6 Å². The largest absolute Gasteiger partial charge is 0.412 e. The van der Waals surface area contributed by atoms with Gasteiger partial charge >= 0.3 is 0 Å². The Kier molecular flexibility index (Phi) is 9.79. The van der Waals surface area contributed by atoms with Crippen LogP contribution in [0.25, 0.3) is 0 Å². The van der Waals surface area contributed by atoms with Gasteiger partial charge in [-0.15, -0.1) is 0 Å². The Morgan fingerprint density at radius 3 is 1.88 bits per heavy atom. The quantitative estimate of drug-likeness (QED) is 0.486. The molecule has 1 fully saturated rings. The normalized spacial score (nSPS) is 27.9. The molecule has 0 unspecified atom stereocenters. The van der Waals surface area contributed by atoms with Crippen LogP contribution >= 0.6 is 0 Å². The lowest BCUT2D eigenvalue weighted by Gasteiger charge is -2.47. The molecule has 1 aliphatic rings. The Morgan fingerprint density at radius 2 is 1.50 bits per heavy atom. The third kappa shape index (κ3) is 6.03. The van der Waals surface area contributed by atoms with Crippen molar-refractivity contribution in [3.05, 3.63) is 0 Å². The first-order valence-corrected chi connectivity index (χ1v) is 13.3. The van der Waals surface area contributed by atoms with E-state index < -0.39 is 8.32 Å². The average molecular weight is 388 g/mol. The minimum absolute atomic E-state index is 0.103. The lowest BCUT2D eigenvalue weighted by atomic mass is 9.95. The average Bonchev–Trinajstić information content (AvgIpc) is 2.56. The molecular formula is C21H45NO3Si. The molecule has 1 aliphatic heterocycles. The van der Waals surface area contributed by atoms with Gasteiger partial charge in [0.05, 0.1) is 24.4 Å². The van der Waals surface area contributed by atoms with Crippen molar-refractivity contribution in [2.45, 2.75) is 111 Å². The van der Waals surface area contributed by atoms with E-state index in [0.29, 0.717) is 11.8 Å². The van der Waals surface area contributed by atoms with Crippen molar-refractivity contribution in [3.63, 3.8) is 0 Å². The molecule has 1 heterocycles. The monoisotopic (exact) mass is 387 g/mol. The van der Waals surface area contributed by atoms with Gasteiger partial charge < -0.3 is 18.8 Å². The summed E-state index contributed by atoms with van der Waals surface area (Å²) in [4.78, 5) is 2.27. The number of hydrogen-bond acceptors (Lipinski definition) is 4. The van der Waals surface area contributed by atoms with Gasteiger partial charge in [0.1, 0.15) is 0 Å². The third-order valence-corrected chi connectivity index (χ3v) is 10.9. The maximum atomic E-state index is 6.94. The van der Waals surface area contributed by atoms with Crippen LogP contribution in [0.15, 0.2) is 0 Å². The first-order valence-electron chi connectivity index (χ1n) is 10.8. The Balaban J connectivity index is 2.99. The molecule has 0 aromatic heterocycles. The summed E-state index contributed by atoms with van der Waals surface area (Å²) in [5.74, 6) is 0.963. The van der Waals surface area contributed by atoms with Crippen LogP contribution in [0.5, 0.6) is 0 Å². The Morgan fingerprint density at radius 1 is 1.00 bits per heavy atom. The summed E-state index contributed by atoms with van der Waals surface area (Å²) in [6.45, 7) is 18.0. The molecule has 0 radical (unpaired) electrons. The lowest BCUT2D eigenvalue weighted by Crippen LogP contribution is -2.58. The number of nitrogens with zero attached hydrogens (tertiary/aromatic N) is 1. The molecule has 156 valence electrons. The van der Waals surface area contributed by atoms with E-state index in [1.165, 1.54) is 18.1 Å². The van der Waals surface area contributed by atoms with Gasteiger partial charge in [0.25, 0.3) is 0 Å². The van der Waals surface area contributed by atoms with Crippen molar-refractivity contribution in [3.8, 4) is 0 Å². The summed E-state index contributed by atoms with van der Waals surface area (Å²) in [5.41, 5.74) is 0. The smallest absolute Gasteiger partial charge is 0.192 e. The molecule has 1 rings (SSSR count). The fourth-order valence-electron chi connectivity index (χ4n) is 4.55. The van der Waals surface area contributed by atoms with Crippen molar-refractivity contribution in [2.75, 3.05) is 14.1 Å². The van der Waals surface area contributed by atoms with Gasteiger partial charge in [-0.3, -0.25) is 0 Å². The molecule has 0 saturated carbocycles. The maximum absolute atomic E-state index is 6.94. The second-order valence-electron chi connectivity index (χ2n) is 8.95. The first kappa shape index (κ1) is 24.1. The van der Waals surface area contributed by atoms with Crippen molar-refractivity contribution >= 4 is 8.32 Å². The fraction of sp³-hybridized carbons (Fsp3) is 1.00. The van der Waals surface area contributed by atoms with Gasteiger partial charge in [-0.05, 0) is 51.0 Å². The molecule has 26 heavy (non-hydrogen) atoms. The standard InChI is InChI=1S/C21H45NO3Si/c1-11-26(12-2,13-3)25-18-14-19(23-17(8)20(18)22(9)10)24-21(15(4)5)16(6)7/h15-21H,11-14H2,1-10H3/t17-,18-,19-,20+/m0/s1. The summed E-state index contributed by atoms with van der Waals surface area (Å²) in [5, 5.41) is 0. The Bertz CT molecular complexity index is 382. The molecule has 0 aromatic carbocycles. The van der Waals surface area contributed by atoms with Crippen LogP contribution in [0, 0.1) is 11.8 Å². The highest BCUT2D eigenvalue weighted by atomic mass is 28.4. The van der Waals surface area contributed by atoms with Crippen molar-refractivity contribution in [2.24, 2.45) is 11.8 Å². The molecule has 0 aliphatic carbocycles. The predicted octanol–water partition coefficient (Wildman–Crippen LogP) is 5.14. The zero-order valence-electron chi connectivity index (χ0n) is 19.0. The van der Waals surface area contributed by atoms with Gasteiger partial charge in [-0.2, -0.15) is 0 Å². The lowest BCUT2D eigenvalue weighted by molar-refractivity contribution is -0.255. The van der Waals surface area contributed by atoms with E-state index in [4.69, 9.17) is 13.9 Å². The molecule has 0 spiro atoms. The van der Waals surface area contributed by atoms with Crippen molar-refractivity contribution in [1.29, 1.82) is 0 Å². The molecule has 0 aromatic rings. The Labute approximate surface area is 164 Å². The van der Waals surface area contributed by atoms with E-state index in [9.17, 15) is 0 Å². The number of ether oxygens (including phenoxy) is 2. The maximum Gasteiger partial charge on any atom is 0.192 e. The Hall–Kier alpha value is 0.0569. The zero-order chi connectivity index (χ0) is 20.1. The second kappa shape index (κ2) is 10.6. The molecule has 1 saturated heterocycles. The van der Waals surface area contributed by atoms with Gasteiger partial charge in [-0.25, -0.2) is 0 Å². The summed E-state index contributed by atoms with van der Waals surface area (Å²) >= 11 is 0. The highest BCUT2D eigenvalue weighted by Crippen LogP contribution is 2.33. The molecule has 4 nitrogen and oxygen atoms in total. The zero-order valence-corrected chi connectivity index (χ0v) is 20.0. The third-order valence-electron chi connectivity index (χ3n) is 6.21. The minimum atomic E-state index is -1.67. The van der Waals surface area contributed by atoms with E-state index in [2.05, 4.69) is 74.4 Å². The fourth-order valence-corrected chi connectivity index (χ4v) is 7.42. The highest BCUT2D eigenvalue weighted by Gasteiger charge is 2.44. The molecule has 0 amide bonds. The van der Waals surface area contributed by atoms with Crippen LogP contribution in [-0.2, 0) is 13.9 Å². The summed E-state index contributed by atoms with van der Waals surface area (Å²) in [6, 6.07) is 3.82. The molecular weight excluding hydrogens is 342 g/mol. The number of hydrogen-bond donors (Lipinski definition) is 0. The van der Waals surface area contributed by atoms with Crippen molar-refractivity contribution < 1.29 is 13.9 Å². The number of rotatable bonds is 10. The second-order valence-corrected chi connectivity index (χ2v) is 13.7. The van der Waals surface area contributed by atoms with Gasteiger partial charge in [0, 0.05) is 6.42 Å². The van der Waals surface area contributed by atoms with Gasteiger partial charge in [-0.1, -0.05) is 48.5 Å². The van der Waals surface area contributed by atoms with Gasteiger partial charge in [0.15, 0.2) is 14.6 Å². The number of likely N-dealkylation sites (N-methyl/N-ethyl adjacent to an activating group) is 1. The summed E-state index contributed by atoms with van der Waals surface area (Å²) < 4.78 is 19.7. The molecule has 5 heteroatoms. The molecule has 0 bridgehead atoms. The van der Waals surface area contributed by atoms with Crippen LogP contribution in [0.1, 0.15) is 61.8 Å². The van der Waals surface area contributed by atoms with E-state index in [1.807, 2.05) is 0 Å². The first-order chi connectivity index (χ1) is 12.1. The van der Waals surface area contributed by atoms with Crippen LogP contribution in [0.2, 0.25) is 18.1 Å². The van der Waals surface area contributed by atoms with Crippen molar-refractivity contribution in [1.82, 2.24) is 4.90 Å². The van der Waals surface area contributed by atoms with E-state index in [1.54, 1.807) is 0 Å². The molecule has 0 N–H and O–H groups in total. The topological polar surface area (TPSA) is 30.9 Å². The van der Waals surface area contributed by atoms with Crippen LogP contribution in [0.3, 0.4) is 0 Å².